The van der Waals surface area contributed by atoms with E-state index in [1.54, 1.807) is 0 Å². The Kier molecular flexibility index (Phi) is 4.19. The number of ketones is 1. The average molecular weight is 134 g/mol. The van der Waals surface area contributed by atoms with Gasteiger partial charge in [-0.25, -0.2) is 0 Å². The van der Waals surface area contributed by atoms with Gasteiger partial charge in [-0.1, -0.05) is 0 Å². The molecule has 0 amide bonds. The number of hydrogen-bond acceptors (Lipinski definition) is 2. The molecule has 1 saturated carbocycles. The molecule has 0 unspecified atom stereocenters. The molecule has 0 atom stereocenters. The second-order valence-corrected chi connectivity index (χ2v) is 1.98. The predicted octanol–water partition coefficient (Wildman–Crippen LogP) is -3.16. The quantitative estimate of drug-likeness (QED) is 0.227. The third kappa shape index (κ3) is 3.04. The number of rotatable bonds is 2. The molecule has 0 radical (unpaired) electrons. The van der Waals surface area contributed by atoms with Crippen molar-refractivity contribution < 1.29 is 39.5 Å². The molecular weight excluding hydrogens is 127 g/mol. The Morgan fingerprint density at radius 2 is 2.11 bits per heavy atom. The topological polar surface area (TPSA) is 40.1 Å². The minimum atomic E-state index is 0. The molecule has 0 aliphatic heterocycles. The third-order valence-corrected chi connectivity index (χ3v) is 1.21. The van der Waals surface area contributed by atoms with Gasteiger partial charge in [-0.05, 0) is 18.9 Å². The van der Waals surface area contributed by atoms with Crippen molar-refractivity contribution in [1.29, 1.82) is 0 Å². The first-order chi connectivity index (χ1) is 3.84. The van der Waals surface area contributed by atoms with Crippen molar-refractivity contribution in [2.24, 2.45) is 5.92 Å². The van der Waals surface area contributed by atoms with Crippen LogP contribution in [0.15, 0.2) is 12.3 Å². The Morgan fingerprint density at radius 3 is 2.44 bits per heavy atom. The zero-order valence-corrected chi connectivity index (χ0v) is 7.46. The molecule has 0 aromatic heterocycles. The molecule has 0 aromatic rings. The fourth-order valence-electron chi connectivity index (χ4n) is 0.571. The van der Waals surface area contributed by atoms with E-state index >= 15 is 0 Å². The molecule has 44 valence electrons. The van der Waals surface area contributed by atoms with Gasteiger partial charge in [0.15, 0.2) is 5.78 Å². The summed E-state index contributed by atoms with van der Waals surface area (Å²) in [6, 6.07) is 0. The van der Waals surface area contributed by atoms with Crippen molar-refractivity contribution in [3.63, 3.8) is 0 Å². The van der Waals surface area contributed by atoms with E-state index in [0.717, 1.165) is 18.9 Å². The number of allylic oxidation sites excluding steroid dienone is 1. The van der Waals surface area contributed by atoms with Crippen molar-refractivity contribution in [2.75, 3.05) is 0 Å². The summed E-state index contributed by atoms with van der Waals surface area (Å²) < 4.78 is 0. The second kappa shape index (κ2) is 4.09. The van der Waals surface area contributed by atoms with Crippen LogP contribution in [0.4, 0.5) is 0 Å². The Morgan fingerprint density at radius 1 is 1.56 bits per heavy atom. The number of hydrogen-bond donors (Lipinski definition) is 0. The molecule has 1 aliphatic carbocycles. The van der Waals surface area contributed by atoms with Gasteiger partial charge in [0, 0.05) is 5.92 Å². The molecule has 1 fully saturated rings. The van der Waals surface area contributed by atoms with Gasteiger partial charge in [0.1, 0.15) is 0 Å². The van der Waals surface area contributed by atoms with E-state index in [2.05, 4.69) is 0 Å². The van der Waals surface area contributed by atoms with E-state index in [1.807, 2.05) is 0 Å². The predicted molar refractivity (Wildman–Crippen MR) is 26.9 cm³/mol. The summed E-state index contributed by atoms with van der Waals surface area (Å²) in [6.45, 7) is 0. The standard InChI is InChI=1S/C6H8O2.Na/c7-4-3-6(8)5-1-2-5;/h3-5,7H,1-2H2;/q;+1/p-1/b4-3-;. The van der Waals surface area contributed by atoms with Gasteiger partial charge in [0.25, 0.3) is 0 Å². The maximum atomic E-state index is 10.5. The molecule has 0 saturated heterocycles. The molecule has 1 aliphatic rings. The molecule has 1 rings (SSSR count). The average Bonchev–Trinajstić information content (AvgIpc) is 2.45. The monoisotopic (exact) mass is 134 g/mol. The van der Waals surface area contributed by atoms with Crippen molar-refractivity contribution >= 4 is 5.78 Å². The first kappa shape index (κ1) is 9.21. The van der Waals surface area contributed by atoms with Crippen LogP contribution in [0.5, 0.6) is 0 Å². The summed E-state index contributed by atoms with van der Waals surface area (Å²) in [5, 5.41) is 9.67. The Labute approximate surface area is 76.2 Å². The zero-order valence-electron chi connectivity index (χ0n) is 5.46. The van der Waals surface area contributed by atoms with Crippen LogP contribution in [0.1, 0.15) is 12.8 Å². The van der Waals surface area contributed by atoms with Crippen molar-refractivity contribution in [1.82, 2.24) is 0 Å². The van der Waals surface area contributed by atoms with Gasteiger partial charge in [-0.3, -0.25) is 4.79 Å². The smallest absolute Gasteiger partial charge is 0.878 e. The van der Waals surface area contributed by atoms with Crippen LogP contribution >= 0.6 is 0 Å². The van der Waals surface area contributed by atoms with E-state index in [0.29, 0.717) is 6.26 Å². The van der Waals surface area contributed by atoms with Gasteiger partial charge in [-0.2, -0.15) is 0 Å². The van der Waals surface area contributed by atoms with E-state index in [-0.39, 0.29) is 41.3 Å². The van der Waals surface area contributed by atoms with Gasteiger partial charge < -0.3 is 5.11 Å². The SMILES string of the molecule is O=C(/C=C\[O-])C1CC1.[Na+]. The van der Waals surface area contributed by atoms with Crippen LogP contribution in [0.3, 0.4) is 0 Å². The molecule has 0 N–H and O–H groups in total. The summed E-state index contributed by atoms with van der Waals surface area (Å²) in [5.41, 5.74) is 0. The van der Waals surface area contributed by atoms with Crippen LogP contribution in [-0.4, -0.2) is 5.78 Å². The minimum absolute atomic E-state index is 0. The summed E-state index contributed by atoms with van der Waals surface area (Å²) >= 11 is 0. The van der Waals surface area contributed by atoms with Gasteiger partial charge in [-0.15, -0.1) is 6.26 Å². The molecule has 0 spiro atoms. The molecule has 0 aromatic carbocycles. The van der Waals surface area contributed by atoms with Crippen molar-refractivity contribution in [3.8, 4) is 0 Å². The second-order valence-electron chi connectivity index (χ2n) is 1.98. The van der Waals surface area contributed by atoms with Crippen molar-refractivity contribution in [3.05, 3.63) is 12.3 Å². The summed E-state index contributed by atoms with van der Waals surface area (Å²) in [6.07, 6.45) is 3.62. The third-order valence-electron chi connectivity index (χ3n) is 1.21. The van der Waals surface area contributed by atoms with Crippen molar-refractivity contribution in [2.45, 2.75) is 12.8 Å². The van der Waals surface area contributed by atoms with Gasteiger partial charge in [0.2, 0.25) is 0 Å². The zero-order chi connectivity index (χ0) is 5.98. The van der Waals surface area contributed by atoms with Gasteiger partial charge in [0.05, 0.1) is 0 Å². The van der Waals surface area contributed by atoms with Crippen LogP contribution in [-0.2, 0) is 4.79 Å². The maximum absolute atomic E-state index is 10.5. The maximum Gasteiger partial charge on any atom is 1.00 e. The molecular formula is C6H7NaO2. The first-order valence-corrected chi connectivity index (χ1v) is 2.67. The van der Waals surface area contributed by atoms with Gasteiger partial charge >= 0.3 is 29.6 Å². The summed E-state index contributed by atoms with van der Waals surface area (Å²) in [7, 11) is 0. The number of carbonyl (C=O) groups is 1. The fraction of sp³-hybridized carbons (Fsp3) is 0.500. The minimum Gasteiger partial charge on any atom is -0.878 e. The molecule has 0 heterocycles. The molecule has 2 nitrogen and oxygen atoms in total. The van der Waals surface area contributed by atoms with E-state index in [9.17, 15) is 9.90 Å². The van der Waals surface area contributed by atoms with Crippen LogP contribution in [0.25, 0.3) is 0 Å². The molecule has 0 bridgehead atoms. The van der Waals surface area contributed by atoms with E-state index in [1.165, 1.54) is 0 Å². The fourth-order valence-corrected chi connectivity index (χ4v) is 0.571. The van der Waals surface area contributed by atoms with Crippen LogP contribution in [0, 0.1) is 5.92 Å². The normalized spacial score (nSPS) is 17.3. The van der Waals surface area contributed by atoms with E-state index in [4.69, 9.17) is 0 Å². The Hall–Kier alpha value is 0.210. The van der Waals surface area contributed by atoms with E-state index < -0.39 is 0 Å². The first-order valence-electron chi connectivity index (χ1n) is 2.67. The van der Waals surface area contributed by atoms with Crippen LogP contribution < -0.4 is 34.7 Å². The summed E-state index contributed by atoms with van der Waals surface area (Å²) in [5.74, 6) is 0.195. The largest absolute Gasteiger partial charge is 1.00 e. The number of carbonyl (C=O) groups excluding carboxylic acids is 1. The van der Waals surface area contributed by atoms with Crippen LogP contribution in [0.2, 0.25) is 0 Å². The summed E-state index contributed by atoms with van der Waals surface area (Å²) in [4.78, 5) is 10.5. The Bertz CT molecular complexity index is 127. The molecule has 3 heteroatoms. The Balaban J connectivity index is 0.000000640. The molecule has 9 heavy (non-hydrogen) atoms.